The van der Waals surface area contributed by atoms with E-state index in [1.54, 1.807) is 30.3 Å². The average molecular weight is 278 g/mol. The molecule has 0 spiro atoms. The van der Waals surface area contributed by atoms with Crippen molar-refractivity contribution in [2.75, 3.05) is 0 Å². The van der Waals surface area contributed by atoms with Crippen molar-refractivity contribution in [3.05, 3.63) is 60.2 Å². The maximum atomic E-state index is 10.00. The van der Waals surface area contributed by atoms with Gasteiger partial charge in [-0.3, -0.25) is 0 Å². The molecule has 0 atom stereocenters. The van der Waals surface area contributed by atoms with E-state index < -0.39 is 0 Å². The van der Waals surface area contributed by atoms with Crippen LogP contribution in [-0.2, 0) is 0 Å². The van der Waals surface area contributed by atoms with Crippen LogP contribution in [0, 0.1) is 6.92 Å². The van der Waals surface area contributed by atoms with E-state index in [0.29, 0.717) is 16.8 Å². The molecule has 3 rings (SSSR count). The lowest BCUT2D eigenvalue weighted by Crippen LogP contribution is -1.76. The fraction of sp³-hybridized carbons (Fsp3) is 0.0588. The van der Waals surface area contributed by atoms with Crippen molar-refractivity contribution in [2.24, 2.45) is 10.2 Å². The minimum Gasteiger partial charge on any atom is -0.508 e. The van der Waals surface area contributed by atoms with Gasteiger partial charge in [0.05, 0.1) is 5.69 Å². The largest absolute Gasteiger partial charge is 0.508 e. The van der Waals surface area contributed by atoms with Crippen LogP contribution in [0.5, 0.6) is 11.5 Å². The molecule has 0 fully saturated rings. The van der Waals surface area contributed by atoms with Crippen molar-refractivity contribution < 1.29 is 10.2 Å². The maximum Gasteiger partial charge on any atom is 0.143 e. The Balaban J connectivity index is 2.11. The third-order valence-corrected chi connectivity index (χ3v) is 3.22. The first-order valence-corrected chi connectivity index (χ1v) is 6.56. The zero-order valence-electron chi connectivity index (χ0n) is 11.5. The van der Waals surface area contributed by atoms with Crippen molar-refractivity contribution in [2.45, 2.75) is 6.92 Å². The Labute approximate surface area is 122 Å². The van der Waals surface area contributed by atoms with Gasteiger partial charge < -0.3 is 10.2 Å². The van der Waals surface area contributed by atoms with Crippen LogP contribution in [-0.4, -0.2) is 10.2 Å². The number of fused-ring (bicyclic) bond motifs is 1. The third-order valence-electron chi connectivity index (χ3n) is 3.22. The molecule has 0 saturated carbocycles. The van der Waals surface area contributed by atoms with E-state index in [4.69, 9.17) is 0 Å². The molecule has 0 saturated heterocycles. The van der Waals surface area contributed by atoms with E-state index in [2.05, 4.69) is 10.2 Å². The molecule has 0 radical (unpaired) electrons. The lowest BCUT2D eigenvalue weighted by Gasteiger charge is -2.04. The number of aromatic hydroxyl groups is 2. The molecule has 0 aliphatic heterocycles. The highest BCUT2D eigenvalue weighted by molar-refractivity contribution is 5.96. The van der Waals surface area contributed by atoms with Gasteiger partial charge >= 0.3 is 0 Å². The molecular formula is C17H14N2O2. The highest BCUT2D eigenvalue weighted by Crippen LogP contribution is 2.37. The van der Waals surface area contributed by atoms with E-state index in [9.17, 15) is 10.2 Å². The standard InChI is InChI=1S/C17H14N2O2/c1-11-3-2-4-13(9-11)18-19-17-15-10-14(20)7-5-12(15)6-8-16(17)21/h2-10,20-21H,1H3. The molecule has 0 unspecified atom stereocenters. The Kier molecular flexibility index (Phi) is 3.28. The van der Waals surface area contributed by atoms with Crippen LogP contribution in [0.15, 0.2) is 64.8 Å². The molecule has 0 aliphatic rings. The number of nitrogens with zero attached hydrogens (tertiary/aromatic N) is 2. The zero-order valence-corrected chi connectivity index (χ0v) is 11.5. The molecule has 0 bridgehead atoms. The summed E-state index contributed by atoms with van der Waals surface area (Å²) in [4.78, 5) is 0. The zero-order chi connectivity index (χ0) is 14.8. The van der Waals surface area contributed by atoms with Crippen LogP contribution in [0.2, 0.25) is 0 Å². The van der Waals surface area contributed by atoms with E-state index in [-0.39, 0.29) is 11.5 Å². The second-order valence-corrected chi connectivity index (χ2v) is 4.88. The minimum atomic E-state index is 0.0319. The van der Waals surface area contributed by atoms with Gasteiger partial charge in [-0.25, -0.2) is 0 Å². The summed E-state index contributed by atoms with van der Waals surface area (Å²) >= 11 is 0. The van der Waals surface area contributed by atoms with Crippen molar-refractivity contribution in [1.29, 1.82) is 0 Å². The predicted octanol–water partition coefficient (Wildman–Crippen LogP) is 4.97. The first-order chi connectivity index (χ1) is 10.1. The lowest BCUT2D eigenvalue weighted by molar-refractivity contribution is 0.475. The quantitative estimate of drug-likeness (QED) is 0.649. The highest BCUT2D eigenvalue weighted by atomic mass is 16.3. The molecule has 4 heteroatoms. The Hall–Kier alpha value is -2.88. The van der Waals surface area contributed by atoms with Crippen molar-refractivity contribution in [1.82, 2.24) is 0 Å². The summed E-state index contributed by atoms with van der Waals surface area (Å²) in [5.74, 6) is 0.157. The molecule has 0 aromatic heterocycles. The Morgan fingerprint density at radius 3 is 2.48 bits per heavy atom. The molecular weight excluding hydrogens is 264 g/mol. The number of phenols is 2. The lowest BCUT2D eigenvalue weighted by atomic mass is 10.1. The summed E-state index contributed by atoms with van der Waals surface area (Å²) in [6, 6.07) is 15.9. The Morgan fingerprint density at radius 2 is 1.67 bits per heavy atom. The van der Waals surface area contributed by atoms with Crippen LogP contribution >= 0.6 is 0 Å². The molecule has 4 nitrogen and oxygen atoms in total. The summed E-state index contributed by atoms with van der Waals surface area (Å²) in [6.45, 7) is 1.98. The van der Waals surface area contributed by atoms with Gasteiger partial charge in [0.25, 0.3) is 0 Å². The van der Waals surface area contributed by atoms with E-state index in [0.717, 1.165) is 10.9 Å². The molecule has 3 aromatic rings. The number of hydrogen-bond acceptors (Lipinski definition) is 4. The first kappa shape index (κ1) is 13.1. The van der Waals surface area contributed by atoms with Crippen molar-refractivity contribution in [3.63, 3.8) is 0 Å². The molecule has 104 valence electrons. The molecule has 0 heterocycles. The second kappa shape index (κ2) is 5.25. The number of aryl methyl sites for hydroxylation is 1. The average Bonchev–Trinajstić information content (AvgIpc) is 2.46. The molecule has 21 heavy (non-hydrogen) atoms. The summed E-state index contributed by atoms with van der Waals surface area (Å²) in [6.07, 6.45) is 0. The Morgan fingerprint density at radius 1 is 0.857 bits per heavy atom. The van der Waals surface area contributed by atoms with Gasteiger partial charge in [0.2, 0.25) is 0 Å². The second-order valence-electron chi connectivity index (χ2n) is 4.88. The number of benzene rings is 3. The summed E-state index contributed by atoms with van der Waals surface area (Å²) in [5.41, 5.74) is 2.16. The molecule has 0 amide bonds. The number of rotatable bonds is 2. The van der Waals surface area contributed by atoms with Crippen molar-refractivity contribution in [3.8, 4) is 11.5 Å². The SMILES string of the molecule is Cc1cccc(N=Nc2c(O)ccc3ccc(O)cc23)c1. The minimum absolute atomic E-state index is 0.0319. The van der Waals surface area contributed by atoms with E-state index in [1.807, 2.05) is 31.2 Å². The predicted molar refractivity (Wildman–Crippen MR) is 82.6 cm³/mol. The number of phenolic OH excluding ortho intramolecular Hbond substituents is 2. The monoisotopic (exact) mass is 278 g/mol. The molecule has 2 N–H and O–H groups in total. The molecule has 3 aromatic carbocycles. The van der Waals surface area contributed by atoms with Gasteiger partial charge in [-0.15, -0.1) is 5.11 Å². The van der Waals surface area contributed by atoms with Gasteiger partial charge in [-0.05, 0) is 48.2 Å². The van der Waals surface area contributed by atoms with Gasteiger partial charge in [0, 0.05) is 5.39 Å². The summed E-state index contributed by atoms with van der Waals surface area (Å²) < 4.78 is 0. The third kappa shape index (κ3) is 2.69. The van der Waals surface area contributed by atoms with Crippen molar-refractivity contribution >= 4 is 22.1 Å². The van der Waals surface area contributed by atoms with Crippen LogP contribution in [0.25, 0.3) is 10.8 Å². The summed E-state index contributed by atoms with van der Waals surface area (Å²) in [7, 11) is 0. The fourth-order valence-electron chi connectivity index (χ4n) is 2.18. The Bertz CT molecular complexity index is 836. The first-order valence-electron chi connectivity index (χ1n) is 6.56. The van der Waals surface area contributed by atoms with Crippen LogP contribution < -0.4 is 0 Å². The number of hydrogen-bond donors (Lipinski definition) is 2. The van der Waals surface area contributed by atoms with Gasteiger partial charge in [0.1, 0.15) is 17.2 Å². The maximum absolute atomic E-state index is 10.00. The van der Waals surface area contributed by atoms with Gasteiger partial charge in [0.15, 0.2) is 0 Å². The fourth-order valence-corrected chi connectivity index (χ4v) is 2.18. The van der Waals surface area contributed by atoms with E-state index in [1.165, 1.54) is 0 Å². The smallest absolute Gasteiger partial charge is 0.143 e. The van der Waals surface area contributed by atoms with Crippen LogP contribution in [0.3, 0.4) is 0 Å². The van der Waals surface area contributed by atoms with Gasteiger partial charge in [-0.2, -0.15) is 5.11 Å². The normalized spacial score (nSPS) is 11.3. The molecule has 0 aliphatic carbocycles. The number of azo groups is 1. The van der Waals surface area contributed by atoms with Crippen LogP contribution in [0.4, 0.5) is 11.4 Å². The van der Waals surface area contributed by atoms with Gasteiger partial charge in [-0.1, -0.05) is 24.3 Å². The van der Waals surface area contributed by atoms with Crippen LogP contribution in [0.1, 0.15) is 5.56 Å². The topological polar surface area (TPSA) is 65.2 Å². The summed E-state index contributed by atoms with van der Waals surface area (Å²) in [5, 5.41) is 29.5. The highest BCUT2D eigenvalue weighted by Gasteiger charge is 2.07. The van der Waals surface area contributed by atoms with E-state index >= 15 is 0 Å².